The number of carbonyl (C=O) groups is 2. The van der Waals surface area contributed by atoms with Crippen molar-refractivity contribution in [3.63, 3.8) is 0 Å². The number of fused-ring (bicyclic) bond motifs is 1. The normalized spacial score (nSPS) is 21.8. The number of carbonyl (C=O) groups excluding carboxylic acids is 2. The van der Waals surface area contributed by atoms with E-state index in [9.17, 15) is 9.59 Å². The van der Waals surface area contributed by atoms with Crippen LogP contribution in [-0.4, -0.2) is 41.9 Å². The highest BCUT2D eigenvalue weighted by atomic mass is 16.5. The van der Waals surface area contributed by atoms with E-state index in [-0.39, 0.29) is 17.9 Å². The summed E-state index contributed by atoms with van der Waals surface area (Å²) < 4.78 is 5.55. The van der Waals surface area contributed by atoms with Gasteiger partial charge in [0.25, 0.3) is 5.91 Å². The fourth-order valence-corrected chi connectivity index (χ4v) is 3.18. The van der Waals surface area contributed by atoms with Crippen molar-refractivity contribution >= 4 is 23.2 Å². The summed E-state index contributed by atoms with van der Waals surface area (Å²) in [6.45, 7) is 5.28. The second-order valence-corrected chi connectivity index (χ2v) is 6.57. The van der Waals surface area contributed by atoms with Crippen LogP contribution in [-0.2, 0) is 9.59 Å². The number of nitrogens with zero attached hydrogens (tertiary/aromatic N) is 1. The largest absolute Gasteiger partial charge is 0.479 e. The fourth-order valence-electron chi connectivity index (χ4n) is 3.18. The van der Waals surface area contributed by atoms with Gasteiger partial charge in [-0.15, -0.1) is 0 Å². The van der Waals surface area contributed by atoms with Crippen LogP contribution in [0.4, 0.5) is 11.4 Å². The Morgan fingerprint density at radius 1 is 1.29 bits per heavy atom. The first-order valence-electron chi connectivity index (χ1n) is 8.71. The Labute approximate surface area is 142 Å². The van der Waals surface area contributed by atoms with Gasteiger partial charge in [-0.2, -0.15) is 0 Å². The Kier molecular flexibility index (Phi) is 4.92. The number of hydrogen-bond donors (Lipinski definition) is 2. The molecule has 0 spiro atoms. The van der Waals surface area contributed by atoms with Gasteiger partial charge in [-0.3, -0.25) is 9.59 Å². The average Bonchev–Trinajstić information content (AvgIpc) is 2.84. The summed E-state index contributed by atoms with van der Waals surface area (Å²) in [6, 6.07) is 5.19. The number of benzene rings is 1. The van der Waals surface area contributed by atoms with E-state index in [1.165, 1.54) is 12.8 Å². The lowest BCUT2D eigenvalue weighted by molar-refractivity contribution is -0.131. The molecule has 1 aromatic rings. The summed E-state index contributed by atoms with van der Waals surface area (Å²) in [5.41, 5.74) is 1.43. The molecule has 2 heterocycles. The summed E-state index contributed by atoms with van der Waals surface area (Å²) in [5, 5.41) is 6.06. The lowest BCUT2D eigenvalue weighted by Crippen LogP contribution is -2.41. The zero-order valence-corrected chi connectivity index (χ0v) is 14.3. The summed E-state index contributed by atoms with van der Waals surface area (Å²) >= 11 is 0. The summed E-state index contributed by atoms with van der Waals surface area (Å²) in [7, 11) is 0. The molecule has 3 rings (SSSR count). The summed E-state index contributed by atoms with van der Waals surface area (Å²) in [6.07, 6.45) is 4.08. The number of amides is 2. The molecular formula is C18H25N3O3. The number of hydrogen-bond acceptors (Lipinski definition) is 4. The van der Waals surface area contributed by atoms with E-state index in [0.29, 0.717) is 11.4 Å². The minimum absolute atomic E-state index is 0.128. The van der Waals surface area contributed by atoms with E-state index in [1.54, 1.807) is 6.92 Å². The maximum atomic E-state index is 12.6. The van der Waals surface area contributed by atoms with Crippen molar-refractivity contribution in [2.24, 2.45) is 0 Å². The second kappa shape index (κ2) is 7.11. The third kappa shape index (κ3) is 3.63. The molecule has 2 aliphatic rings. The predicted octanol–water partition coefficient (Wildman–Crippen LogP) is 2.61. The Hall–Kier alpha value is -2.24. The van der Waals surface area contributed by atoms with Crippen molar-refractivity contribution in [3.05, 3.63) is 18.2 Å². The molecule has 0 radical (unpaired) electrons. The standard InChI is InChI=1S/C18H25N3O3/c1-12(18(23)21-9-5-3-4-6-10-21)19-14-7-8-16-15(11-14)20-17(22)13(2)24-16/h7-8,11-13,19H,3-6,9-10H2,1-2H3,(H,20,22). The molecule has 1 saturated heterocycles. The van der Waals surface area contributed by atoms with E-state index in [0.717, 1.165) is 31.6 Å². The molecular weight excluding hydrogens is 306 g/mol. The highest BCUT2D eigenvalue weighted by molar-refractivity contribution is 5.98. The fraction of sp³-hybridized carbons (Fsp3) is 0.556. The Morgan fingerprint density at radius 2 is 2.00 bits per heavy atom. The number of anilines is 2. The molecule has 1 fully saturated rings. The lowest BCUT2D eigenvalue weighted by Gasteiger charge is -2.26. The maximum absolute atomic E-state index is 12.6. The van der Waals surface area contributed by atoms with Gasteiger partial charge >= 0.3 is 0 Å². The molecule has 2 aliphatic heterocycles. The van der Waals surface area contributed by atoms with Gasteiger partial charge < -0.3 is 20.3 Å². The highest BCUT2D eigenvalue weighted by Crippen LogP contribution is 2.32. The average molecular weight is 331 g/mol. The van der Waals surface area contributed by atoms with Crippen LogP contribution in [0.1, 0.15) is 39.5 Å². The molecule has 2 N–H and O–H groups in total. The van der Waals surface area contributed by atoms with Gasteiger partial charge in [-0.1, -0.05) is 12.8 Å². The molecule has 6 heteroatoms. The highest BCUT2D eigenvalue weighted by Gasteiger charge is 2.25. The zero-order chi connectivity index (χ0) is 17.1. The first-order valence-corrected chi connectivity index (χ1v) is 8.71. The van der Waals surface area contributed by atoms with Crippen molar-refractivity contribution < 1.29 is 14.3 Å². The molecule has 130 valence electrons. The molecule has 0 bridgehead atoms. The molecule has 2 atom stereocenters. The van der Waals surface area contributed by atoms with Gasteiger partial charge in [0.05, 0.1) is 5.69 Å². The van der Waals surface area contributed by atoms with Crippen LogP contribution >= 0.6 is 0 Å². The van der Waals surface area contributed by atoms with Crippen LogP contribution < -0.4 is 15.4 Å². The molecule has 2 amide bonds. The first kappa shape index (κ1) is 16.6. The minimum atomic E-state index is -0.486. The smallest absolute Gasteiger partial charge is 0.265 e. The third-order valence-corrected chi connectivity index (χ3v) is 4.58. The molecule has 0 aromatic heterocycles. The van der Waals surface area contributed by atoms with Crippen LogP contribution in [0.3, 0.4) is 0 Å². The van der Waals surface area contributed by atoms with Gasteiger partial charge in [0.2, 0.25) is 5.91 Å². The zero-order valence-electron chi connectivity index (χ0n) is 14.3. The maximum Gasteiger partial charge on any atom is 0.265 e. The Bertz CT molecular complexity index is 624. The summed E-state index contributed by atoms with van der Waals surface area (Å²) in [4.78, 5) is 26.3. The predicted molar refractivity (Wildman–Crippen MR) is 93.3 cm³/mol. The molecule has 24 heavy (non-hydrogen) atoms. The first-order chi connectivity index (χ1) is 11.5. The Balaban J connectivity index is 1.66. The van der Waals surface area contributed by atoms with Crippen molar-refractivity contribution in [2.75, 3.05) is 23.7 Å². The van der Waals surface area contributed by atoms with E-state index in [4.69, 9.17) is 4.74 Å². The molecule has 1 aromatic carbocycles. The molecule has 0 aliphatic carbocycles. The minimum Gasteiger partial charge on any atom is -0.479 e. The Morgan fingerprint density at radius 3 is 2.71 bits per heavy atom. The van der Waals surface area contributed by atoms with E-state index < -0.39 is 6.10 Å². The number of likely N-dealkylation sites (tertiary alicyclic amines) is 1. The van der Waals surface area contributed by atoms with Crippen LogP contribution in [0, 0.1) is 0 Å². The van der Waals surface area contributed by atoms with Gasteiger partial charge in [0.15, 0.2) is 6.10 Å². The van der Waals surface area contributed by atoms with E-state index >= 15 is 0 Å². The van der Waals surface area contributed by atoms with Crippen LogP contribution in [0.15, 0.2) is 18.2 Å². The number of nitrogens with one attached hydrogen (secondary N) is 2. The molecule has 2 unspecified atom stereocenters. The van der Waals surface area contributed by atoms with Crippen LogP contribution in [0.5, 0.6) is 5.75 Å². The third-order valence-electron chi connectivity index (χ3n) is 4.58. The monoisotopic (exact) mass is 331 g/mol. The molecule has 0 saturated carbocycles. The van der Waals surface area contributed by atoms with Gasteiger partial charge in [0.1, 0.15) is 11.8 Å². The number of rotatable bonds is 3. The van der Waals surface area contributed by atoms with Crippen LogP contribution in [0.25, 0.3) is 0 Å². The lowest BCUT2D eigenvalue weighted by atomic mass is 10.2. The van der Waals surface area contributed by atoms with Crippen molar-refractivity contribution in [3.8, 4) is 5.75 Å². The SMILES string of the molecule is CC(Nc1ccc2c(c1)NC(=O)C(C)O2)C(=O)N1CCCCCC1. The summed E-state index contributed by atoms with van der Waals surface area (Å²) in [5.74, 6) is 0.621. The van der Waals surface area contributed by atoms with E-state index in [1.807, 2.05) is 30.0 Å². The molecule has 6 nitrogen and oxygen atoms in total. The van der Waals surface area contributed by atoms with Crippen LogP contribution in [0.2, 0.25) is 0 Å². The topological polar surface area (TPSA) is 70.7 Å². The van der Waals surface area contributed by atoms with Gasteiger partial charge in [0, 0.05) is 18.8 Å². The second-order valence-electron chi connectivity index (χ2n) is 6.57. The van der Waals surface area contributed by atoms with Gasteiger partial charge in [-0.05, 0) is 44.9 Å². The van der Waals surface area contributed by atoms with Crippen molar-refractivity contribution in [2.45, 2.75) is 51.7 Å². The number of ether oxygens (including phenoxy) is 1. The quantitative estimate of drug-likeness (QED) is 0.893. The van der Waals surface area contributed by atoms with Crippen molar-refractivity contribution in [1.82, 2.24) is 4.90 Å². The van der Waals surface area contributed by atoms with Gasteiger partial charge in [-0.25, -0.2) is 0 Å². The van der Waals surface area contributed by atoms with E-state index in [2.05, 4.69) is 10.6 Å². The van der Waals surface area contributed by atoms with Crippen molar-refractivity contribution in [1.29, 1.82) is 0 Å².